The molecule has 0 amide bonds. The Bertz CT molecular complexity index is 575. The van der Waals surface area contributed by atoms with E-state index in [1.165, 1.54) is 0 Å². The third-order valence-corrected chi connectivity index (χ3v) is 3.94. The highest BCUT2D eigenvalue weighted by Crippen LogP contribution is 2.28. The van der Waals surface area contributed by atoms with E-state index in [1.807, 2.05) is 42.5 Å². The zero-order valence-electron chi connectivity index (χ0n) is 10.0. The van der Waals surface area contributed by atoms with E-state index in [-0.39, 0.29) is 6.04 Å². The molecule has 0 fully saturated rings. The van der Waals surface area contributed by atoms with Crippen molar-refractivity contribution in [3.05, 3.63) is 68.1 Å². The zero-order valence-corrected chi connectivity index (χ0v) is 13.1. The predicted octanol–water partition coefficient (Wildman–Crippen LogP) is 4.50. The van der Waals surface area contributed by atoms with E-state index >= 15 is 0 Å². The van der Waals surface area contributed by atoms with E-state index in [4.69, 9.17) is 29.0 Å². The van der Waals surface area contributed by atoms with Crippen LogP contribution in [0.2, 0.25) is 10.0 Å². The number of halogens is 3. The van der Waals surface area contributed by atoms with Crippen LogP contribution in [-0.4, -0.2) is 0 Å². The Balaban J connectivity index is 2.27. The molecule has 100 valence electrons. The Labute approximate surface area is 131 Å². The smallest absolute Gasteiger partial charge is 0.0515 e. The Kier molecular flexibility index (Phi) is 5.25. The van der Waals surface area contributed by atoms with Crippen LogP contribution in [0.1, 0.15) is 17.2 Å². The van der Waals surface area contributed by atoms with Gasteiger partial charge in [-0.1, -0.05) is 51.3 Å². The summed E-state index contributed by atoms with van der Waals surface area (Å²) in [7, 11) is 0. The van der Waals surface area contributed by atoms with Crippen molar-refractivity contribution in [2.24, 2.45) is 5.84 Å². The summed E-state index contributed by atoms with van der Waals surface area (Å²) in [5.41, 5.74) is 4.87. The third kappa shape index (κ3) is 3.94. The van der Waals surface area contributed by atoms with E-state index < -0.39 is 0 Å². The lowest BCUT2D eigenvalue weighted by molar-refractivity contribution is 0.552. The molecule has 0 heterocycles. The van der Waals surface area contributed by atoms with Gasteiger partial charge in [-0.05, 0) is 47.9 Å². The highest BCUT2D eigenvalue weighted by molar-refractivity contribution is 9.10. The van der Waals surface area contributed by atoms with Crippen LogP contribution in [0.3, 0.4) is 0 Å². The van der Waals surface area contributed by atoms with Crippen molar-refractivity contribution < 1.29 is 0 Å². The lowest BCUT2D eigenvalue weighted by Crippen LogP contribution is -2.29. The summed E-state index contributed by atoms with van der Waals surface area (Å²) in [6, 6.07) is 13.4. The molecule has 1 unspecified atom stereocenters. The maximum atomic E-state index is 6.22. The number of nitrogens with two attached hydrogens (primary N) is 1. The van der Waals surface area contributed by atoms with Gasteiger partial charge in [0.05, 0.1) is 6.04 Å². The van der Waals surface area contributed by atoms with Gasteiger partial charge in [-0.15, -0.1) is 0 Å². The van der Waals surface area contributed by atoms with Gasteiger partial charge in [0.15, 0.2) is 0 Å². The van der Waals surface area contributed by atoms with Crippen molar-refractivity contribution in [2.75, 3.05) is 0 Å². The van der Waals surface area contributed by atoms with Gasteiger partial charge in [-0.25, -0.2) is 0 Å². The first kappa shape index (κ1) is 14.8. The highest BCUT2D eigenvalue weighted by atomic mass is 79.9. The SMILES string of the molecule is NNC(Cc1cccc(Cl)c1)c1cc(Br)ccc1Cl. The number of nitrogens with one attached hydrogen (secondary N) is 1. The second-order valence-electron chi connectivity index (χ2n) is 4.22. The van der Waals surface area contributed by atoms with Crippen molar-refractivity contribution >= 4 is 39.1 Å². The van der Waals surface area contributed by atoms with Crippen molar-refractivity contribution in [1.82, 2.24) is 5.43 Å². The number of hydrazine groups is 1. The van der Waals surface area contributed by atoms with Crippen molar-refractivity contribution in [3.63, 3.8) is 0 Å². The molecule has 3 N–H and O–H groups in total. The van der Waals surface area contributed by atoms with Crippen LogP contribution in [-0.2, 0) is 6.42 Å². The Morgan fingerprint density at radius 1 is 1.16 bits per heavy atom. The van der Waals surface area contributed by atoms with Crippen LogP contribution in [0.5, 0.6) is 0 Å². The number of hydrogen-bond donors (Lipinski definition) is 2. The largest absolute Gasteiger partial charge is 0.271 e. The van der Waals surface area contributed by atoms with Crippen molar-refractivity contribution in [2.45, 2.75) is 12.5 Å². The average molecular weight is 360 g/mol. The minimum Gasteiger partial charge on any atom is -0.271 e. The van der Waals surface area contributed by atoms with Gasteiger partial charge in [0, 0.05) is 14.5 Å². The first-order chi connectivity index (χ1) is 9.10. The minimum absolute atomic E-state index is 0.0662. The molecule has 0 aromatic heterocycles. The molecular weight excluding hydrogens is 347 g/mol. The molecule has 0 radical (unpaired) electrons. The molecule has 0 saturated carbocycles. The molecule has 0 spiro atoms. The molecular formula is C14H13BrCl2N2. The maximum absolute atomic E-state index is 6.22. The van der Waals surface area contributed by atoms with Gasteiger partial charge >= 0.3 is 0 Å². The van der Waals surface area contributed by atoms with E-state index in [0.29, 0.717) is 16.5 Å². The lowest BCUT2D eigenvalue weighted by Gasteiger charge is -2.18. The number of rotatable bonds is 4. The fraction of sp³-hybridized carbons (Fsp3) is 0.143. The Morgan fingerprint density at radius 3 is 2.63 bits per heavy atom. The van der Waals surface area contributed by atoms with Gasteiger partial charge in [0.1, 0.15) is 0 Å². The topological polar surface area (TPSA) is 38.0 Å². The molecule has 2 aromatic rings. The summed E-state index contributed by atoms with van der Waals surface area (Å²) in [5.74, 6) is 5.65. The van der Waals surface area contributed by atoms with Crippen LogP contribution < -0.4 is 11.3 Å². The normalized spacial score (nSPS) is 12.4. The van der Waals surface area contributed by atoms with E-state index in [0.717, 1.165) is 15.6 Å². The van der Waals surface area contributed by atoms with Gasteiger partial charge in [0.2, 0.25) is 0 Å². The monoisotopic (exact) mass is 358 g/mol. The van der Waals surface area contributed by atoms with Crippen LogP contribution in [0, 0.1) is 0 Å². The fourth-order valence-corrected chi connectivity index (χ4v) is 2.78. The summed E-state index contributed by atoms with van der Waals surface area (Å²) in [5, 5.41) is 1.40. The molecule has 0 aliphatic rings. The average Bonchev–Trinajstić information content (AvgIpc) is 2.39. The molecule has 0 saturated heterocycles. The Morgan fingerprint density at radius 2 is 1.95 bits per heavy atom. The second kappa shape index (κ2) is 6.73. The van der Waals surface area contributed by atoms with Crippen LogP contribution >= 0.6 is 39.1 Å². The fourth-order valence-electron chi connectivity index (χ4n) is 1.94. The molecule has 0 aliphatic heterocycles. The van der Waals surface area contributed by atoms with Crippen LogP contribution in [0.25, 0.3) is 0 Å². The minimum atomic E-state index is -0.0662. The molecule has 0 bridgehead atoms. The molecule has 2 rings (SSSR count). The van der Waals surface area contributed by atoms with Gasteiger partial charge in [0.25, 0.3) is 0 Å². The number of hydrogen-bond acceptors (Lipinski definition) is 2. The standard InChI is InChI=1S/C14H13BrCl2N2/c15-10-4-5-13(17)12(8-10)14(19-18)7-9-2-1-3-11(16)6-9/h1-6,8,14,19H,7,18H2. The van der Waals surface area contributed by atoms with Gasteiger partial charge < -0.3 is 0 Å². The number of benzene rings is 2. The molecule has 19 heavy (non-hydrogen) atoms. The summed E-state index contributed by atoms with van der Waals surface area (Å²) in [4.78, 5) is 0. The first-order valence-electron chi connectivity index (χ1n) is 5.75. The highest BCUT2D eigenvalue weighted by Gasteiger charge is 2.14. The predicted molar refractivity (Wildman–Crippen MR) is 84.4 cm³/mol. The quantitative estimate of drug-likeness (QED) is 0.622. The lowest BCUT2D eigenvalue weighted by atomic mass is 9.99. The second-order valence-corrected chi connectivity index (χ2v) is 5.98. The van der Waals surface area contributed by atoms with Crippen LogP contribution in [0.4, 0.5) is 0 Å². The van der Waals surface area contributed by atoms with Crippen LogP contribution in [0.15, 0.2) is 46.9 Å². The van der Waals surface area contributed by atoms with Gasteiger partial charge in [-0.3, -0.25) is 11.3 Å². The third-order valence-electron chi connectivity index (χ3n) is 2.86. The van der Waals surface area contributed by atoms with Crippen molar-refractivity contribution in [1.29, 1.82) is 0 Å². The molecule has 5 heteroatoms. The Hall–Kier alpha value is -0.580. The van der Waals surface area contributed by atoms with E-state index in [1.54, 1.807) is 0 Å². The maximum Gasteiger partial charge on any atom is 0.0515 e. The molecule has 1 atom stereocenters. The summed E-state index contributed by atoms with van der Waals surface area (Å²) >= 11 is 15.7. The molecule has 0 aliphatic carbocycles. The molecule has 2 nitrogen and oxygen atoms in total. The van der Waals surface area contributed by atoms with E-state index in [9.17, 15) is 0 Å². The van der Waals surface area contributed by atoms with E-state index in [2.05, 4.69) is 21.4 Å². The summed E-state index contributed by atoms with van der Waals surface area (Å²) in [6.07, 6.45) is 0.716. The zero-order chi connectivity index (χ0) is 13.8. The summed E-state index contributed by atoms with van der Waals surface area (Å²) in [6.45, 7) is 0. The molecule has 2 aromatic carbocycles. The summed E-state index contributed by atoms with van der Waals surface area (Å²) < 4.78 is 0.971. The van der Waals surface area contributed by atoms with Crippen molar-refractivity contribution in [3.8, 4) is 0 Å². The first-order valence-corrected chi connectivity index (χ1v) is 7.30. The van der Waals surface area contributed by atoms with Gasteiger partial charge in [-0.2, -0.15) is 0 Å².